The summed E-state index contributed by atoms with van der Waals surface area (Å²) in [6, 6.07) is 27.8. The van der Waals surface area contributed by atoms with E-state index in [0.717, 1.165) is 38.6 Å². The van der Waals surface area contributed by atoms with Gasteiger partial charge in [-0.3, -0.25) is 4.98 Å². The zero-order valence-electron chi connectivity index (χ0n) is 20.9. The van der Waals surface area contributed by atoms with Crippen LogP contribution in [0.15, 0.2) is 104 Å². The van der Waals surface area contributed by atoms with Crippen LogP contribution in [-0.4, -0.2) is 32.3 Å². The summed E-state index contributed by atoms with van der Waals surface area (Å²) in [6.07, 6.45) is 5.28. The number of fused-ring (bicyclic) bond motifs is 3. The van der Waals surface area contributed by atoms with E-state index in [2.05, 4.69) is 66.9 Å². The maximum Gasteiger partial charge on any atom is 0.161 e. The van der Waals surface area contributed by atoms with Gasteiger partial charge in [0.15, 0.2) is 11.6 Å². The van der Waals surface area contributed by atoms with Gasteiger partial charge >= 0.3 is 0 Å². The van der Waals surface area contributed by atoms with E-state index in [1.807, 2.05) is 48.7 Å². The van der Waals surface area contributed by atoms with Gasteiger partial charge in [0.05, 0.1) is 18.8 Å². The number of nitrogens with one attached hydrogen (secondary N) is 2. The van der Waals surface area contributed by atoms with Crippen molar-refractivity contribution in [2.75, 3.05) is 12.4 Å². The molecule has 7 aromatic rings. The highest BCUT2D eigenvalue weighted by Gasteiger charge is 2.13. The SMILES string of the molecule is COc1cnc2c(Oc3ccc(Nc4nnc(-c5ccc6cc[nH]c6c5)c5ccccc45)cc3)ccnc2c1. The number of aromatic amines is 1. The lowest BCUT2D eigenvalue weighted by atomic mass is 10.0. The Morgan fingerprint density at radius 2 is 1.67 bits per heavy atom. The van der Waals surface area contributed by atoms with Crippen LogP contribution >= 0.6 is 0 Å². The van der Waals surface area contributed by atoms with Crippen molar-refractivity contribution in [2.45, 2.75) is 0 Å². The summed E-state index contributed by atoms with van der Waals surface area (Å²) in [5, 5.41) is 15.7. The Balaban J connectivity index is 1.16. The smallest absolute Gasteiger partial charge is 0.161 e. The van der Waals surface area contributed by atoms with Crippen molar-refractivity contribution in [3.63, 3.8) is 0 Å². The zero-order chi connectivity index (χ0) is 26.2. The van der Waals surface area contributed by atoms with Crippen LogP contribution in [0, 0.1) is 0 Å². The third kappa shape index (κ3) is 4.23. The van der Waals surface area contributed by atoms with Crippen molar-refractivity contribution in [1.29, 1.82) is 0 Å². The first-order valence-corrected chi connectivity index (χ1v) is 12.4. The number of rotatable bonds is 6. The molecule has 0 aliphatic heterocycles. The molecule has 8 heteroatoms. The highest BCUT2D eigenvalue weighted by atomic mass is 16.5. The normalized spacial score (nSPS) is 11.2. The van der Waals surface area contributed by atoms with Gasteiger partial charge in [-0.05, 0) is 41.8 Å². The number of ether oxygens (including phenoxy) is 2. The molecule has 188 valence electrons. The molecule has 3 aromatic carbocycles. The van der Waals surface area contributed by atoms with E-state index in [0.29, 0.717) is 34.1 Å². The maximum absolute atomic E-state index is 6.13. The number of benzene rings is 3. The lowest BCUT2D eigenvalue weighted by Crippen LogP contribution is -1.99. The Morgan fingerprint density at radius 3 is 2.54 bits per heavy atom. The summed E-state index contributed by atoms with van der Waals surface area (Å²) in [4.78, 5) is 12.1. The van der Waals surface area contributed by atoms with E-state index in [-0.39, 0.29) is 0 Å². The molecule has 2 N–H and O–H groups in total. The van der Waals surface area contributed by atoms with Crippen LogP contribution in [0.4, 0.5) is 11.5 Å². The molecular formula is C31H22N6O2. The number of hydrogen-bond acceptors (Lipinski definition) is 7. The van der Waals surface area contributed by atoms with Crippen LogP contribution in [0.3, 0.4) is 0 Å². The highest BCUT2D eigenvalue weighted by Crippen LogP contribution is 2.33. The molecule has 0 atom stereocenters. The Labute approximate surface area is 223 Å². The van der Waals surface area contributed by atoms with Crippen LogP contribution in [0.5, 0.6) is 17.2 Å². The van der Waals surface area contributed by atoms with Gasteiger partial charge in [-0.25, -0.2) is 4.98 Å². The second-order valence-corrected chi connectivity index (χ2v) is 9.03. The van der Waals surface area contributed by atoms with Gasteiger partial charge in [0.25, 0.3) is 0 Å². The number of methoxy groups -OCH3 is 1. The summed E-state index contributed by atoms with van der Waals surface area (Å²) >= 11 is 0. The minimum atomic E-state index is 0.619. The highest BCUT2D eigenvalue weighted by molar-refractivity contribution is 6.01. The number of H-pyrrole nitrogens is 1. The molecule has 39 heavy (non-hydrogen) atoms. The second-order valence-electron chi connectivity index (χ2n) is 9.03. The van der Waals surface area contributed by atoms with Crippen LogP contribution in [0.1, 0.15) is 0 Å². The molecule has 0 saturated heterocycles. The molecule has 4 aromatic heterocycles. The molecule has 4 heterocycles. The van der Waals surface area contributed by atoms with Gasteiger partial charge in [0.1, 0.15) is 22.7 Å². The molecule has 0 bridgehead atoms. The summed E-state index contributed by atoms with van der Waals surface area (Å²) in [5.41, 5.74) is 5.15. The molecular weight excluding hydrogens is 488 g/mol. The second kappa shape index (κ2) is 9.42. The van der Waals surface area contributed by atoms with E-state index in [9.17, 15) is 0 Å². The van der Waals surface area contributed by atoms with Crippen molar-refractivity contribution in [2.24, 2.45) is 0 Å². The van der Waals surface area contributed by atoms with Gasteiger partial charge in [0.2, 0.25) is 0 Å². The number of anilines is 2. The van der Waals surface area contributed by atoms with Crippen LogP contribution in [0.25, 0.3) is 44.0 Å². The fraction of sp³-hybridized carbons (Fsp3) is 0.0323. The largest absolute Gasteiger partial charge is 0.495 e. The summed E-state index contributed by atoms with van der Waals surface area (Å²) in [7, 11) is 1.60. The third-order valence-electron chi connectivity index (χ3n) is 6.61. The van der Waals surface area contributed by atoms with Crippen molar-refractivity contribution in [3.8, 4) is 28.5 Å². The summed E-state index contributed by atoms with van der Waals surface area (Å²) in [6.45, 7) is 0. The molecule has 0 saturated carbocycles. The van der Waals surface area contributed by atoms with E-state index in [1.54, 1.807) is 25.6 Å². The standard InChI is InChI=1S/C31H22N6O2/c1-38-23-17-27-30(34-18-23)28(13-15-33-27)39-22-10-8-21(9-11-22)35-31-25-5-3-2-4-24(25)29(36-37-31)20-7-6-19-12-14-32-26(19)16-20/h2-18,32H,1H3,(H,35,37). The van der Waals surface area contributed by atoms with Gasteiger partial charge in [-0.2, -0.15) is 0 Å². The Morgan fingerprint density at radius 1 is 0.795 bits per heavy atom. The predicted octanol–water partition coefficient (Wildman–Crippen LogP) is 7.27. The lowest BCUT2D eigenvalue weighted by Gasteiger charge is -2.12. The first-order valence-electron chi connectivity index (χ1n) is 12.4. The number of nitrogens with zero attached hydrogens (tertiary/aromatic N) is 4. The van der Waals surface area contributed by atoms with Gasteiger partial charge in [-0.15, -0.1) is 10.2 Å². The zero-order valence-corrected chi connectivity index (χ0v) is 20.9. The number of hydrogen-bond donors (Lipinski definition) is 2. The van der Waals surface area contributed by atoms with Crippen molar-refractivity contribution < 1.29 is 9.47 Å². The minimum absolute atomic E-state index is 0.619. The van der Waals surface area contributed by atoms with Crippen molar-refractivity contribution in [1.82, 2.24) is 25.1 Å². The first-order chi connectivity index (χ1) is 19.2. The fourth-order valence-corrected chi connectivity index (χ4v) is 4.66. The Kier molecular flexibility index (Phi) is 5.48. The van der Waals surface area contributed by atoms with E-state index in [1.165, 1.54) is 0 Å². The average molecular weight is 511 g/mol. The first kappa shape index (κ1) is 22.7. The average Bonchev–Trinajstić information content (AvgIpc) is 3.46. The molecule has 0 spiro atoms. The summed E-state index contributed by atoms with van der Waals surface area (Å²) in [5.74, 6) is 2.63. The Bertz CT molecular complexity index is 1970. The molecule has 7 rings (SSSR count). The minimum Gasteiger partial charge on any atom is -0.495 e. The summed E-state index contributed by atoms with van der Waals surface area (Å²) < 4.78 is 11.4. The monoisotopic (exact) mass is 510 g/mol. The molecule has 8 nitrogen and oxygen atoms in total. The van der Waals surface area contributed by atoms with Gasteiger partial charge in [-0.1, -0.05) is 36.4 Å². The molecule has 0 fully saturated rings. The molecule has 0 unspecified atom stereocenters. The third-order valence-corrected chi connectivity index (χ3v) is 6.61. The van der Waals surface area contributed by atoms with Crippen LogP contribution < -0.4 is 14.8 Å². The van der Waals surface area contributed by atoms with Crippen molar-refractivity contribution >= 4 is 44.2 Å². The molecule has 0 radical (unpaired) electrons. The quantitative estimate of drug-likeness (QED) is 0.243. The molecule has 0 aliphatic carbocycles. The molecule has 0 amide bonds. The number of pyridine rings is 2. The lowest BCUT2D eigenvalue weighted by molar-refractivity contribution is 0.413. The topological polar surface area (TPSA) is 97.8 Å². The number of aromatic nitrogens is 5. The predicted molar refractivity (Wildman–Crippen MR) is 153 cm³/mol. The maximum atomic E-state index is 6.13. The fourth-order valence-electron chi connectivity index (χ4n) is 4.66. The van der Waals surface area contributed by atoms with E-state index in [4.69, 9.17) is 9.47 Å². The van der Waals surface area contributed by atoms with Gasteiger partial charge in [0, 0.05) is 52.1 Å². The van der Waals surface area contributed by atoms with Crippen molar-refractivity contribution in [3.05, 3.63) is 104 Å². The molecule has 0 aliphatic rings. The van der Waals surface area contributed by atoms with E-state index < -0.39 is 0 Å². The van der Waals surface area contributed by atoms with Crippen LogP contribution in [0.2, 0.25) is 0 Å². The van der Waals surface area contributed by atoms with Crippen LogP contribution in [-0.2, 0) is 0 Å². The van der Waals surface area contributed by atoms with Gasteiger partial charge < -0.3 is 19.8 Å². The Hall–Kier alpha value is -5.50. The van der Waals surface area contributed by atoms with E-state index >= 15 is 0 Å².